The second-order valence-electron chi connectivity index (χ2n) is 6.01. The Morgan fingerprint density at radius 2 is 2.28 bits per heavy atom. The number of methoxy groups -OCH3 is 1. The summed E-state index contributed by atoms with van der Waals surface area (Å²) in [6.45, 7) is 0.0277. The van der Waals surface area contributed by atoms with Crippen molar-refractivity contribution in [2.45, 2.75) is 25.3 Å². The van der Waals surface area contributed by atoms with Gasteiger partial charge in [-0.25, -0.2) is 9.18 Å². The highest BCUT2D eigenvalue weighted by molar-refractivity contribution is 5.99. The van der Waals surface area contributed by atoms with Crippen LogP contribution in [-0.4, -0.2) is 41.1 Å². The van der Waals surface area contributed by atoms with Gasteiger partial charge in [-0.3, -0.25) is 0 Å². The van der Waals surface area contributed by atoms with Crippen LogP contribution in [0.4, 0.5) is 10.2 Å². The number of aromatic carboxylic acids is 1. The Morgan fingerprint density at radius 3 is 2.96 bits per heavy atom. The summed E-state index contributed by atoms with van der Waals surface area (Å²) in [6, 6.07) is 3.87. The van der Waals surface area contributed by atoms with Crippen LogP contribution in [0.2, 0.25) is 0 Å². The van der Waals surface area contributed by atoms with Crippen molar-refractivity contribution < 1.29 is 28.7 Å². The molecule has 0 aliphatic heterocycles. The van der Waals surface area contributed by atoms with Gasteiger partial charge in [0.2, 0.25) is 0 Å². The van der Waals surface area contributed by atoms with E-state index in [2.05, 4.69) is 10.5 Å². The van der Waals surface area contributed by atoms with Crippen molar-refractivity contribution in [2.75, 3.05) is 19.0 Å². The number of ether oxygens (including phenoxy) is 1. The van der Waals surface area contributed by atoms with Crippen LogP contribution < -0.4 is 10.1 Å². The van der Waals surface area contributed by atoms with E-state index in [1.807, 2.05) is 0 Å². The number of halogens is 1. The van der Waals surface area contributed by atoms with Gasteiger partial charge in [-0.15, -0.1) is 0 Å². The number of anilines is 1. The first kappa shape index (κ1) is 17.2. The quantitative estimate of drug-likeness (QED) is 0.736. The number of carboxylic acid groups (broad SMARTS) is 1. The summed E-state index contributed by atoms with van der Waals surface area (Å²) in [5.41, 5.74) is 0.221. The maximum atomic E-state index is 13.6. The van der Waals surface area contributed by atoms with Gasteiger partial charge in [0.15, 0.2) is 28.7 Å². The molecule has 1 aliphatic rings. The molecular formula is C17H19FN2O5. The van der Waals surface area contributed by atoms with Gasteiger partial charge in [0, 0.05) is 24.1 Å². The summed E-state index contributed by atoms with van der Waals surface area (Å²) in [5.74, 6) is -1.61. The lowest BCUT2D eigenvalue weighted by Crippen LogP contribution is -2.27. The smallest absolute Gasteiger partial charge is 0.343 e. The van der Waals surface area contributed by atoms with Gasteiger partial charge in [-0.05, 0) is 31.0 Å². The molecule has 2 aromatic rings. The predicted octanol–water partition coefficient (Wildman–Crippen LogP) is 2.76. The van der Waals surface area contributed by atoms with Gasteiger partial charge >= 0.3 is 5.97 Å². The van der Waals surface area contributed by atoms with E-state index in [1.165, 1.54) is 25.3 Å². The van der Waals surface area contributed by atoms with Gasteiger partial charge in [0.05, 0.1) is 7.11 Å². The van der Waals surface area contributed by atoms with Crippen LogP contribution >= 0.6 is 0 Å². The van der Waals surface area contributed by atoms with Crippen LogP contribution in [-0.2, 0) is 0 Å². The highest BCUT2D eigenvalue weighted by atomic mass is 19.1. The van der Waals surface area contributed by atoms with E-state index in [0.29, 0.717) is 5.56 Å². The minimum absolute atomic E-state index is 0.0177. The monoisotopic (exact) mass is 350 g/mol. The van der Waals surface area contributed by atoms with Gasteiger partial charge < -0.3 is 24.8 Å². The average molecular weight is 350 g/mol. The molecule has 0 unspecified atom stereocenters. The number of nitrogens with one attached hydrogen (secondary N) is 1. The van der Waals surface area contributed by atoms with Gasteiger partial charge in [0.25, 0.3) is 0 Å². The lowest BCUT2D eigenvalue weighted by atomic mass is 10.0. The third kappa shape index (κ3) is 3.30. The molecule has 1 aromatic carbocycles. The number of carboxylic acids is 1. The van der Waals surface area contributed by atoms with Crippen LogP contribution in [0.3, 0.4) is 0 Å². The van der Waals surface area contributed by atoms with E-state index in [0.717, 1.165) is 19.3 Å². The molecule has 134 valence electrons. The van der Waals surface area contributed by atoms with Crippen molar-refractivity contribution >= 4 is 11.8 Å². The van der Waals surface area contributed by atoms with E-state index >= 15 is 0 Å². The summed E-state index contributed by atoms with van der Waals surface area (Å²) in [7, 11) is 1.32. The van der Waals surface area contributed by atoms with E-state index < -0.39 is 11.8 Å². The highest BCUT2D eigenvalue weighted by Crippen LogP contribution is 2.35. The first-order valence-electron chi connectivity index (χ1n) is 7.99. The van der Waals surface area contributed by atoms with E-state index in [9.17, 15) is 19.4 Å². The standard InChI is InChI=1S/C17H19FN2O5/c1-24-13-7-9(5-6-11(13)18)15-14(17(22)23)16(20-25-15)19-12-4-2-3-10(12)8-21/h5-7,10,12,21H,2-4,8H2,1H3,(H,19,20)(H,22,23)/t10-,12-/m0/s1. The number of hydrogen-bond donors (Lipinski definition) is 3. The van der Waals surface area contributed by atoms with Gasteiger partial charge in [-0.1, -0.05) is 11.6 Å². The molecule has 1 heterocycles. The molecule has 1 aromatic heterocycles. The molecule has 2 atom stereocenters. The maximum Gasteiger partial charge on any atom is 0.343 e. The Bertz CT molecular complexity index is 776. The van der Waals surface area contributed by atoms with Crippen LogP contribution in [0.25, 0.3) is 11.3 Å². The molecule has 0 amide bonds. The summed E-state index contributed by atoms with van der Waals surface area (Å²) >= 11 is 0. The first-order chi connectivity index (χ1) is 12.0. The number of hydrogen-bond acceptors (Lipinski definition) is 6. The Morgan fingerprint density at radius 1 is 1.48 bits per heavy atom. The van der Waals surface area contributed by atoms with Crippen molar-refractivity contribution in [3.63, 3.8) is 0 Å². The Hall–Kier alpha value is -2.61. The van der Waals surface area contributed by atoms with Crippen LogP contribution in [0.15, 0.2) is 22.7 Å². The first-order valence-corrected chi connectivity index (χ1v) is 7.99. The third-order valence-corrected chi connectivity index (χ3v) is 4.53. The molecule has 0 saturated heterocycles. The molecule has 1 saturated carbocycles. The normalized spacial score (nSPS) is 19.8. The lowest BCUT2D eigenvalue weighted by molar-refractivity contribution is 0.0698. The van der Waals surface area contributed by atoms with Crippen molar-refractivity contribution in [1.82, 2.24) is 5.16 Å². The summed E-state index contributed by atoms with van der Waals surface area (Å²) in [4.78, 5) is 11.7. The minimum Gasteiger partial charge on any atom is -0.494 e. The van der Waals surface area contributed by atoms with E-state index in [1.54, 1.807) is 0 Å². The molecule has 3 N–H and O–H groups in total. The average Bonchev–Trinajstić information content (AvgIpc) is 3.22. The van der Waals surface area contributed by atoms with E-state index in [4.69, 9.17) is 9.26 Å². The number of aliphatic hydroxyl groups excluding tert-OH is 1. The summed E-state index contributed by atoms with van der Waals surface area (Å²) in [5, 5.41) is 25.9. The fraction of sp³-hybridized carbons (Fsp3) is 0.412. The van der Waals surface area contributed by atoms with Crippen LogP contribution in [0, 0.1) is 11.7 Å². The lowest BCUT2D eigenvalue weighted by Gasteiger charge is -2.18. The largest absolute Gasteiger partial charge is 0.494 e. The number of aliphatic hydroxyl groups is 1. The Kier molecular flexibility index (Phi) is 4.89. The Labute approximate surface area is 143 Å². The van der Waals surface area contributed by atoms with Crippen molar-refractivity contribution in [1.29, 1.82) is 0 Å². The van der Waals surface area contributed by atoms with Crippen molar-refractivity contribution in [3.8, 4) is 17.1 Å². The third-order valence-electron chi connectivity index (χ3n) is 4.53. The van der Waals surface area contributed by atoms with Crippen LogP contribution in [0.5, 0.6) is 5.75 Å². The van der Waals surface area contributed by atoms with Crippen molar-refractivity contribution in [3.05, 3.63) is 29.6 Å². The summed E-state index contributed by atoms with van der Waals surface area (Å²) < 4.78 is 23.7. The molecule has 1 fully saturated rings. The molecule has 25 heavy (non-hydrogen) atoms. The molecule has 1 aliphatic carbocycles. The second kappa shape index (κ2) is 7.10. The highest BCUT2D eigenvalue weighted by Gasteiger charge is 2.31. The van der Waals surface area contributed by atoms with Gasteiger partial charge in [-0.2, -0.15) is 0 Å². The summed E-state index contributed by atoms with van der Waals surface area (Å²) in [6.07, 6.45) is 2.64. The zero-order chi connectivity index (χ0) is 18.0. The zero-order valence-corrected chi connectivity index (χ0v) is 13.7. The second-order valence-corrected chi connectivity index (χ2v) is 6.01. The predicted molar refractivity (Wildman–Crippen MR) is 87.2 cm³/mol. The molecule has 3 rings (SSSR count). The SMILES string of the molecule is COc1cc(-c2onc(N[C@H]3CCC[C@H]3CO)c2C(=O)O)ccc1F. The minimum atomic E-state index is -1.21. The number of aromatic nitrogens is 1. The number of carbonyl (C=O) groups is 1. The molecule has 0 radical (unpaired) electrons. The van der Waals surface area contributed by atoms with E-state index in [-0.39, 0.29) is 41.5 Å². The maximum absolute atomic E-state index is 13.6. The molecular weight excluding hydrogens is 331 g/mol. The molecule has 0 bridgehead atoms. The van der Waals surface area contributed by atoms with Gasteiger partial charge in [0.1, 0.15) is 0 Å². The topological polar surface area (TPSA) is 105 Å². The molecule has 8 heteroatoms. The fourth-order valence-electron chi connectivity index (χ4n) is 3.21. The number of benzene rings is 1. The fourth-order valence-corrected chi connectivity index (χ4v) is 3.21. The zero-order valence-electron chi connectivity index (χ0n) is 13.7. The molecule has 0 spiro atoms. The number of rotatable bonds is 6. The Balaban J connectivity index is 1.96. The van der Waals surface area contributed by atoms with Crippen LogP contribution in [0.1, 0.15) is 29.6 Å². The van der Waals surface area contributed by atoms with Crippen molar-refractivity contribution in [2.24, 2.45) is 5.92 Å². The number of nitrogens with zero attached hydrogens (tertiary/aromatic N) is 1. The molecule has 7 nitrogen and oxygen atoms in total.